The summed E-state index contributed by atoms with van der Waals surface area (Å²) in [6.07, 6.45) is 5.76. The van der Waals surface area contributed by atoms with Crippen LogP contribution in [0.1, 0.15) is 25.6 Å². The van der Waals surface area contributed by atoms with Crippen LogP contribution in [0.4, 0.5) is 0 Å². The summed E-state index contributed by atoms with van der Waals surface area (Å²) >= 11 is 0. The van der Waals surface area contributed by atoms with Crippen molar-refractivity contribution in [3.63, 3.8) is 0 Å². The monoisotopic (exact) mass is 271 g/mol. The molecule has 0 aliphatic carbocycles. The molecule has 0 aromatic carbocycles. The fourth-order valence-electron chi connectivity index (χ4n) is 1.70. The van der Waals surface area contributed by atoms with Crippen molar-refractivity contribution in [2.75, 3.05) is 6.61 Å². The fraction of sp³-hybridized carbons (Fsp3) is 0.636. The molecule has 0 aliphatic rings. The zero-order chi connectivity index (χ0) is 14.3. The molecule has 0 saturated carbocycles. The second kappa shape index (κ2) is 7.47. The highest BCUT2D eigenvalue weighted by molar-refractivity contribution is 5.72. The van der Waals surface area contributed by atoms with Crippen LogP contribution < -0.4 is 4.57 Å². The highest BCUT2D eigenvalue weighted by atomic mass is 16.6. The van der Waals surface area contributed by atoms with Crippen LogP contribution in [0.25, 0.3) is 0 Å². The van der Waals surface area contributed by atoms with Crippen molar-refractivity contribution in [1.29, 1.82) is 0 Å². The van der Waals surface area contributed by atoms with Gasteiger partial charge in [-0.25, -0.2) is 9.13 Å². The number of oxime groups is 1. The Morgan fingerprint density at radius 1 is 1.74 bits per heavy atom. The van der Waals surface area contributed by atoms with Gasteiger partial charge in [0.2, 0.25) is 6.04 Å². The van der Waals surface area contributed by atoms with E-state index < -0.39 is 6.04 Å². The van der Waals surface area contributed by atoms with Crippen LogP contribution in [0.3, 0.4) is 0 Å². The molecule has 1 N–H and O–H groups in total. The third-order valence-electron chi connectivity index (χ3n) is 2.89. The van der Waals surface area contributed by atoms with Gasteiger partial charge in [0.15, 0.2) is 12.9 Å². The van der Waals surface area contributed by atoms with Crippen LogP contribution in [0.2, 0.25) is 0 Å². The summed E-state index contributed by atoms with van der Waals surface area (Å²) in [6, 6.07) is -0.556. The maximum Gasteiger partial charge on any atom is 0.305 e. The zero-order valence-corrected chi connectivity index (χ0v) is 11.1. The lowest BCUT2D eigenvalue weighted by Gasteiger charge is -2.06. The number of ether oxygens (including phenoxy) is 1. The summed E-state index contributed by atoms with van der Waals surface area (Å²) < 4.78 is 8.92. The molecule has 1 aromatic rings. The van der Waals surface area contributed by atoms with Crippen LogP contribution in [-0.4, -0.2) is 33.6 Å². The molecule has 106 valence electrons. The number of aryl methyl sites for hydroxylation is 1. The van der Waals surface area contributed by atoms with Gasteiger partial charge in [-0.2, -0.15) is 0 Å². The van der Waals surface area contributed by atoms with E-state index in [1.807, 2.05) is 7.05 Å². The number of nitrogens with zero attached hydrogens (tertiary/aromatic N) is 4. The van der Waals surface area contributed by atoms with E-state index in [9.17, 15) is 10.1 Å². The molecule has 1 rings (SSSR count). The van der Waals surface area contributed by atoms with Gasteiger partial charge < -0.3 is 9.94 Å². The Morgan fingerprint density at radius 3 is 3.05 bits per heavy atom. The lowest BCUT2D eigenvalue weighted by molar-refractivity contribution is -0.672. The van der Waals surface area contributed by atoms with E-state index in [0.717, 1.165) is 0 Å². The summed E-state index contributed by atoms with van der Waals surface area (Å²) in [6.45, 7) is 2.36. The second-order valence-corrected chi connectivity index (χ2v) is 4.16. The molecule has 0 radical (unpaired) electrons. The van der Waals surface area contributed by atoms with Crippen molar-refractivity contribution in [3.8, 4) is 0 Å². The lowest BCUT2D eigenvalue weighted by atomic mass is 10.2. The highest BCUT2D eigenvalue weighted by Gasteiger charge is 2.17. The smallest absolute Gasteiger partial charge is 0.305 e. The average molecular weight is 271 g/mol. The average Bonchev–Trinajstić information content (AvgIpc) is 2.71. The minimum absolute atomic E-state index is 0.260. The third-order valence-corrected chi connectivity index (χ3v) is 2.89. The van der Waals surface area contributed by atoms with Crippen molar-refractivity contribution in [1.82, 2.24) is 4.57 Å². The summed E-state index contributed by atoms with van der Waals surface area (Å²) in [4.78, 5) is 10.4. The number of hydrogen-bond donors (Lipinski definition) is 1. The Labute approximate surface area is 111 Å². The molecule has 0 fully saturated rings. The van der Waals surface area contributed by atoms with Gasteiger partial charge in [0.1, 0.15) is 12.4 Å². The SMILES string of the molecule is CCC(CCOCn1cc[n+](C)c1/C=N\O)[N+](=O)[O-]. The maximum atomic E-state index is 10.6. The molecule has 8 nitrogen and oxygen atoms in total. The van der Waals surface area contributed by atoms with Crippen molar-refractivity contribution >= 4 is 6.21 Å². The molecule has 0 spiro atoms. The summed E-state index contributed by atoms with van der Waals surface area (Å²) in [5, 5.41) is 22.2. The molecule has 1 atom stereocenters. The molecule has 1 aromatic heterocycles. The van der Waals surface area contributed by atoms with Crippen molar-refractivity contribution in [2.45, 2.75) is 32.5 Å². The quantitative estimate of drug-likeness (QED) is 0.186. The Balaban J connectivity index is 2.43. The van der Waals surface area contributed by atoms with Crippen LogP contribution in [-0.2, 0) is 18.5 Å². The molecule has 0 bridgehead atoms. The van der Waals surface area contributed by atoms with E-state index in [0.29, 0.717) is 25.3 Å². The van der Waals surface area contributed by atoms with Crippen molar-refractivity contribution in [2.24, 2.45) is 12.2 Å². The molecule has 8 heteroatoms. The topological polar surface area (TPSA) is 93.8 Å². The molecule has 1 heterocycles. The molecular formula is C11H19N4O4+. The molecule has 19 heavy (non-hydrogen) atoms. The summed E-state index contributed by atoms with van der Waals surface area (Å²) in [5.74, 6) is 0.670. The Morgan fingerprint density at radius 2 is 2.47 bits per heavy atom. The largest absolute Gasteiger partial charge is 0.411 e. The van der Waals surface area contributed by atoms with Crippen LogP contribution >= 0.6 is 0 Å². The van der Waals surface area contributed by atoms with Gasteiger partial charge in [-0.3, -0.25) is 10.1 Å². The maximum absolute atomic E-state index is 10.6. The fourth-order valence-corrected chi connectivity index (χ4v) is 1.70. The van der Waals surface area contributed by atoms with Gasteiger partial charge in [0.25, 0.3) is 0 Å². The van der Waals surface area contributed by atoms with Gasteiger partial charge in [-0.15, -0.1) is 0 Å². The Kier molecular flexibility index (Phi) is 5.94. The van der Waals surface area contributed by atoms with E-state index in [-0.39, 0.29) is 11.7 Å². The third kappa shape index (κ3) is 4.32. The first-order valence-electron chi connectivity index (χ1n) is 6.03. The number of aromatic nitrogens is 2. The van der Waals surface area contributed by atoms with Crippen molar-refractivity contribution in [3.05, 3.63) is 28.3 Å². The van der Waals surface area contributed by atoms with E-state index in [1.54, 1.807) is 28.5 Å². The number of imidazole rings is 1. The number of nitro groups is 1. The predicted octanol–water partition coefficient (Wildman–Crippen LogP) is 0.540. The molecule has 0 saturated heterocycles. The highest BCUT2D eigenvalue weighted by Crippen LogP contribution is 2.03. The van der Waals surface area contributed by atoms with E-state index in [4.69, 9.17) is 9.94 Å². The molecular weight excluding hydrogens is 252 g/mol. The first-order chi connectivity index (χ1) is 9.10. The normalized spacial score (nSPS) is 12.9. The van der Waals surface area contributed by atoms with Gasteiger partial charge >= 0.3 is 5.82 Å². The predicted molar refractivity (Wildman–Crippen MR) is 66.6 cm³/mol. The zero-order valence-electron chi connectivity index (χ0n) is 11.1. The molecule has 1 unspecified atom stereocenters. The minimum Gasteiger partial charge on any atom is -0.411 e. The molecule has 0 amide bonds. The second-order valence-electron chi connectivity index (χ2n) is 4.16. The van der Waals surface area contributed by atoms with Crippen LogP contribution in [0, 0.1) is 10.1 Å². The first kappa shape index (κ1) is 15.1. The first-order valence-corrected chi connectivity index (χ1v) is 6.03. The number of rotatable bonds is 8. The van der Waals surface area contributed by atoms with Crippen LogP contribution in [0.15, 0.2) is 17.5 Å². The lowest BCUT2D eigenvalue weighted by Crippen LogP contribution is -2.32. The van der Waals surface area contributed by atoms with Gasteiger partial charge in [0, 0.05) is 17.8 Å². The van der Waals surface area contributed by atoms with Gasteiger partial charge in [0.05, 0.1) is 13.7 Å². The van der Waals surface area contributed by atoms with Gasteiger partial charge in [-0.05, 0) is 0 Å². The Hall–Kier alpha value is -1.96. The van der Waals surface area contributed by atoms with Crippen LogP contribution in [0.5, 0.6) is 0 Å². The van der Waals surface area contributed by atoms with Gasteiger partial charge in [-0.1, -0.05) is 12.1 Å². The molecule has 0 aliphatic heterocycles. The Bertz CT molecular complexity index is 444. The van der Waals surface area contributed by atoms with Crippen molar-refractivity contribution < 1.29 is 19.4 Å². The summed E-state index contributed by atoms with van der Waals surface area (Å²) in [7, 11) is 1.81. The summed E-state index contributed by atoms with van der Waals surface area (Å²) in [5.41, 5.74) is 0. The minimum atomic E-state index is -0.556. The standard InChI is InChI=1S/C11H18N4O4/c1-3-10(15(17)18)4-7-19-9-14-6-5-13(2)11(14)8-12-16/h5-6,8,10H,3-4,7,9H2,1-2H3/p+1. The van der Waals surface area contributed by atoms with E-state index >= 15 is 0 Å². The van der Waals surface area contributed by atoms with E-state index in [1.165, 1.54) is 6.21 Å². The van der Waals surface area contributed by atoms with E-state index in [2.05, 4.69) is 5.16 Å². The number of hydrogen-bond acceptors (Lipinski definition) is 5.